The summed E-state index contributed by atoms with van der Waals surface area (Å²) < 4.78 is 4.78. The zero-order chi connectivity index (χ0) is 13.4. The van der Waals surface area contributed by atoms with Crippen LogP contribution in [0.15, 0.2) is 0 Å². The van der Waals surface area contributed by atoms with Gasteiger partial charge in [-0.25, -0.2) is 9.59 Å². The molecule has 0 unspecified atom stereocenters. The van der Waals surface area contributed by atoms with E-state index in [1.54, 1.807) is 0 Å². The van der Waals surface area contributed by atoms with Crippen LogP contribution in [0.1, 0.15) is 6.42 Å². The molecule has 0 aromatic rings. The minimum atomic E-state index is -1.04. The molecule has 0 bridgehead atoms. The van der Waals surface area contributed by atoms with Crippen LogP contribution in [0.4, 0.5) is 4.79 Å². The molecule has 1 heterocycles. The van der Waals surface area contributed by atoms with Crippen molar-refractivity contribution in [3.8, 4) is 0 Å². The minimum absolute atomic E-state index is 0.0601. The quantitative estimate of drug-likeness (QED) is 0.527. The van der Waals surface area contributed by atoms with Gasteiger partial charge in [0.1, 0.15) is 6.61 Å². The Bertz CT molecular complexity index is 321. The van der Waals surface area contributed by atoms with Crippen molar-refractivity contribution in [3.05, 3.63) is 0 Å². The molecule has 1 aliphatic rings. The Kier molecular flexibility index (Phi) is 5.92. The highest BCUT2D eigenvalue weighted by Crippen LogP contribution is 1.96. The number of rotatable bonds is 5. The fourth-order valence-electron chi connectivity index (χ4n) is 1.47. The van der Waals surface area contributed by atoms with Crippen molar-refractivity contribution in [2.24, 2.45) is 0 Å². The standard InChI is InChI=1S/C10H17N3O5/c14-8-1-4-13(5-2-11-8)10(17)12-3-6-18-7-9(15)16/h1-7H2,(H,11,14)(H,12,17)(H,15,16). The van der Waals surface area contributed by atoms with E-state index in [-0.39, 0.29) is 31.7 Å². The molecule has 0 atom stereocenters. The maximum Gasteiger partial charge on any atom is 0.329 e. The van der Waals surface area contributed by atoms with Crippen LogP contribution >= 0.6 is 0 Å². The summed E-state index contributed by atoms with van der Waals surface area (Å²) in [6.07, 6.45) is 0.295. The number of nitrogens with zero attached hydrogens (tertiary/aromatic N) is 1. The lowest BCUT2D eigenvalue weighted by atomic mass is 10.4. The lowest BCUT2D eigenvalue weighted by Crippen LogP contribution is -2.42. The number of carbonyl (C=O) groups excluding carboxylic acids is 2. The molecule has 8 nitrogen and oxygen atoms in total. The highest BCUT2D eigenvalue weighted by Gasteiger charge is 2.17. The number of aliphatic carboxylic acids is 1. The summed E-state index contributed by atoms with van der Waals surface area (Å²) in [5.74, 6) is -1.10. The van der Waals surface area contributed by atoms with Crippen LogP contribution in [0, 0.1) is 0 Å². The van der Waals surface area contributed by atoms with E-state index in [9.17, 15) is 14.4 Å². The Balaban J connectivity index is 2.15. The maximum absolute atomic E-state index is 11.7. The molecule has 0 aromatic carbocycles. The molecule has 0 aromatic heterocycles. The summed E-state index contributed by atoms with van der Waals surface area (Å²) in [6.45, 7) is 1.30. The zero-order valence-corrected chi connectivity index (χ0v) is 9.98. The van der Waals surface area contributed by atoms with Gasteiger partial charge in [0.15, 0.2) is 0 Å². The monoisotopic (exact) mass is 259 g/mol. The van der Waals surface area contributed by atoms with Crippen LogP contribution in [0.5, 0.6) is 0 Å². The fraction of sp³-hybridized carbons (Fsp3) is 0.700. The van der Waals surface area contributed by atoms with Gasteiger partial charge in [0, 0.05) is 32.6 Å². The first-order valence-electron chi connectivity index (χ1n) is 5.68. The van der Waals surface area contributed by atoms with Gasteiger partial charge in [-0.3, -0.25) is 4.79 Å². The number of nitrogens with one attached hydrogen (secondary N) is 2. The molecule has 0 radical (unpaired) electrons. The van der Waals surface area contributed by atoms with Crippen molar-refractivity contribution in [3.63, 3.8) is 0 Å². The smallest absolute Gasteiger partial charge is 0.329 e. The van der Waals surface area contributed by atoms with Gasteiger partial charge in [-0.2, -0.15) is 0 Å². The topological polar surface area (TPSA) is 108 Å². The Morgan fingerprint density at radius 3 is 2.94 bits per heavy atom. The van der Waals surface area contributed by atoms with Crippen LogP contribution < -0.4 is 10.6 Å². The van der Waals surface area contributed by atoms with Crippen molar-refractivity contribution in [2.75, 3.05) is 39.4 Å². The Morgan fingerprint density at radius 2 is 2.22 bits per heavy atom. The third-order valence-electron chi connectivity index (χ3n) is 2.35. The Hall–Kier alpha value is -1.83. The number of amides is 3. The van der Waals surface area contributed by atoms with Gasteiger partial charge in [-0.1, -0.05) is 0 Å². The van der Waals surface area contributed by atoms with Crippen molar-refractivity contribution in [1.29, 1.82) is 0 Å². The summed E-state index contributed by atoms with van der Waals surface area (Å²) in [5, 5.41) is 13.6. The lowest BCUT2D eigenvalue weighted by Gasteiger charge is -2.19. The molecule has 0 spiro atoms. The van der Waals surface area contributed by atoms with Gasteiger partial charge in [0.05, 0.1) is 6.61 Å². The highest BCUT2D eigenvalue weighted by molar-refractivity contribution is 5.79. The Labute approximate surface area is 104 Å². The third kappa shape index (κ3) is 5.48. The van der Waals surface area contributed by atoms with Crippen molar-refractivity contribution >= 4 is 17.9 Å². The van der Waals surface area contributed by atoms with Crippen molar-refractivity contribution in [2.45, 2.75) is 6.42 Å². The number of hydrogen-bond donors (Lipinski definition) is 3. The highest BCUT2D eigenvalue weighted by atomic mass is 16.5. The van der Waals surface area contributed by atoms with E-state index in [4.69, 9.17) is 9.84 Å². The summed E-state index contributed by atoms with van der Waals surface area (Å²) in [6, 6.07) is -0.273. The van der Waals surface area contributed by atoms with E-state index in [1.807, 2.05) is 0 Å². The normalized spacial score (nSPS) is 15.8. The number of carboxylic acids is 1. The summed E-state index contributed by atoms with van der Waals surface area (Å²) in [7, 11) is 0. The molecule has 1 saturated heterocycles. The van der Waals surface area contributed by atoms with Crippen LogP contribution in [0.2, 0.25) is 0 Å². The van der Waals surface area contributed by atoms with E-state index in [2.05, 4.69) is 10.6 Å². The number of urea groups is 1. The average molecular weight is 259 g/mol. The third-order valence-corrected chi connectivity index (χ3v) is 2.35. The van der Waals surface area contributed by atoms with Gasteiger partial charge in [0.25, 0.3) is 0 Å². The molecular weight excluding hydrogens is 242 g/mol. The predicted octanol–water partition coefficient (Wildman–Crippen LogP) is -1.38. The van der Waals surface area contributed by atoms with E-state index in [0.717, 1.165) is 0 Å². The largest absolute Gasteiger partial charge is 0.480 e. The molecular formula is C10H17N3O5. The summed E-state index contributed by atoms with van der Waals surface area (Å²) in [4.78, 5) is 34.4. The summed E-state index contributed by atoms with van der Waals surface area (Å²) in [5.41, 5.74) is 0. The molecule has 1 aliphatic heterocycles. The van der Waals surface area contributed by atoms with E-state index < -0.39 is 5.97 Å². The van der Waals surface area contributed by atoms with Gasteiger partial charge >= 0.3 is 12.0 Å². The molecule has 1 rings (SSSR count). The maximum atomic E-state index is 11.7. The molecule has 102 valence electrons. The zero-order valence-electron chi connectivity index (χ0n) is 9.98. The predicted molar refractivity (Wildman–Crippen MR) is 61.1 cm³/mol. The second-order valence-electron chi connectivity index (χ2n) is 3.77. The average Bonchev–Trinajstić information content (AvgIpc) is 2.53. The van der Waals surface area contributed by atoms with Gasteiger partial charge < -0.3 is 25.4 Å². The number of hydrogen-bond acceptors (Lipinski definition) is 4. The molecule has 18 heavy (non-hydrogen) atoms. The van der Waals surface area contributed by atoms with E-state index >= 15 is 0 Å². The van der Waals surface area contributed by atoms with Crippen LogP contribution in [0.3, 0.4) is 0 Å². The van der Waals surface area contributed by atoms with Crippen LogP contribution in [0.25, 0.3) is 0 Å². The molecule has 0 saturated carbocycles. The van der Waals surface area contributed by atoms with Crippen LogP contribution in [-0.2, 0) is 14.3 Å². The first-order chi connectivity index (χ1) is 8.59. The minimum Gasteiger partial charge on any atom is -0.480 e. The van der Waals surface area contributed by atoms with Gasteiger partial charge in [0.2, 0.25) is 5.91 Å². The number of carboxylic acid groups (broad SMARTS) is 1. The molecule has 8 heteroatoms. The molecule has 3 N–H and O–H groups in total. The Morgan fingerprint density at radius 1 is 1.44 bits per heavy atom. The fourth-order valence-corrected chi connectivity index (χ4v) is 1.47. The number of carbonyl (C=O) groups is 3. The van der Waals surface area contributed by atoms with Gasteiger partial charge in [-0.05, 0) is 0 Å². The molecule has 3 amide bonds. The van der Waals surface area contributed by atoms with Crippen molar-refractivity contribution in [1.82, 2.24) is 15.5 Å². The SMILES string of the molecule is O=C(O)COCCNC(=O)N1CCNC(=O)CC1. The summed E-state index contributed by atoms with van der Waals surface area (Å²) >= 11 is 0. The second kappa shape index (κ2) is 7.49. The van der Waals surface area contributed by atoms with Gasteiger partial charge in [-0.15, -0.1) is 0 Å². The van der Waals surface area contributed by atoms with Crippen molar-refractivity contribution < 1.29 is 24.2 Å². The second-order valence-corrected chi connectivity index (χ2v) is 3.77. The lowest BCUT2D eigenvalue weighted by molar-refractivity contribution is -0.142. The number of ether oxygens (including phenoxy) is 1. The van der Waals surface area contributed by atoms with Crippen LogP contribution in [-0.4, -0.2) is 67.3 Å². The first-order valence-corrected chi connectivity index (χ1v) is 5.68. The van der Waals surface area contributed by atoms with E-state index in [1.165, 1.54) is 4.90 Å². The molecule has 0 aliphatic carbocycles. The first kappa shape index (κ1) is 14.2. The van der Waals surface area contributed by atoms with E-state index in [0.29, 0.717) is 26.1 Å². The molecule has 1 fully saturated rings.